The normalized spacial score (nSPS) is 15.5. The number of nitrogens with zero attached hydrogens (tertiary/aromatic N) is 3. The molecule has 3 N–H and O–H groups in total. The number of aliphatic imine (C=N–C) groups is 1. The number of piperazine rings is 1. The van der Waals surface area contributed by atoms with Crippen molar-refractivity contribution in [1.82, 2.24) is 9.80 Å². The van der Waals surface area contributed by atoms with Crippen molar-refractivity contribution in [2.24, 2.45) is 10.7 Å². The highest BCUT2D eigenvalue weighted by atomic mass is 127. The molecule has 1 saturated heterocycles. The Morgan fingerprint density at radius 2 is 1.85 bits per heavy atom. The maximum Gasteiger partial charge on any atom is 0.410 e. The van der Waals surface area contributed by atoms with Crippen LogP contribution in [0.2, 0.25) is 0 Å². The first kappa shape index (κ1) is 22.8. The predicted octanol–water partition coefficient (Wildman–Crippen LogP) is 3.14. The summed E-state index contributed by atoms with van der Waals surface area (Å²) >= 11 is 3.28. The topological polar surface area (TPSA) is 91.4 Å². The molecule has 1 fully saturated rings. The van der Waals surface area contributed by atoms with Crippen LogP contribution in [0.1, 0.15) is 26.3 Å². The van der Waals surface area contributed by atoms with E-state index in [1.807, 2.05) is 31.7 Å². The minimum absolute atomic E-state index is 0. The van der Waals surface area contributed by atoms with Crippen molar-refractivity contribution in [3.63, 3.8) is 0 Å². The Morgan fingerprint density at radius 3 is 2.38 bits per heavy atom. The highest BCUT2D eigenvalue weighted by Crippen LogP contribution is 2.24. The minimum Gasteiger partial charge on any atom is -0.507 e. The van der Waals surface area contributed by atoms with E-state index in [-0.39, 0.29) is 35.8 Å². The predicted molar refractivity (Wildman–Crippen MR) is 116 cm³/mol. The molecule has 1 aromatic carbocycles. The van der Waals surface area contributed by atoms with Crippen molar-refractivity contribution >= 4 is 52.0 Å². The van der Waals surface area contributed by atoms with E-state index in [1.165, 1.54) is 0 Å². The van der Waals surface area contributed by atoms with E-state index in [4.69, 9.17) is 10.5 Å². The van der Waals surface area contributed by atoms with Gasteiger partial charge in [0, 0.05) is 26.2 Å². The molecule has 0 radical (unpaired) electrons. The van der Waals surface area contributed by atoms with Gasteiger partial charge in [0.1, 0.15) is 11.4 Å². The number of rotatable bonds is 2. The molecule has 1 aromatic rings. The number of benzene rings is 1. The lowest BCUT2D eigenvalue weighted by molar-refractivity contribution is 0.0186. The fourth-order valence-corrected chi connectivity index (χ4v) is 2.79. The molecule has 1 aliphatic rings. The maximum absolute atomic E-state index is 12.1. The van der Waals surface area contributed by atoms with E-state index in [0.29, 0.717) is 43.2 Å². The van der Waals surface area contributed by atoms with Gasteiger partial charge in [0.25, 0.3) is 0 Å². The smallest absolute Gasteiger partial charge is 0.410 e. The maximum atomic E-state index is 12.1. The number of hydrogen-bond donors (Lipinski definition) is 2. The van der Waals surface area contributed by atoms with Gasteiger partial charge in [0.15, 0.2) is 5.96 Å². The molecule has 0 aromatic heterocycles. The van der Waals surface area contributed by atoms with Crippen molar-refractivity contribution in [2.75, 3.05) is 26.2 Å². The van der Waals surface area contributed by atoms with Gasteiger partial charge in [-0.3, -0.25) is 0 Å². The highest BCUT2D eigenvalue weighted by Gasteiger charge is 2.26. The first-order valence-corrected chi connectivity index (χ1v) is 8.95. The van der Waals surface area contributed by atoms with Crippen molar-refractivity contribution in [1.29, 1.82) is 0 Å². The van der Waals surface area contributed by atoms with Gasteiger partial charge in [-0.15, -0.1) is 24.0 Å². The Labute approximate surface area is 179 Å². The molecule has 0 bridgehead atoms. The number of carbonyl (C=O) groups is 1. The molecule has 1 aliphatic heterocycles. The summed E-state index contributed by atoms with van der Waals surface area (Å²) < 4.78 is 6.01. The Balaban J connectivity index is 0.00000338. The molecular weight excluding hydrogens is 515 g/mol. The molecule has 26 heavy (non-hydrogen) atoms. The highest BCUT2D eigenvalue weighted by molar-refractivity contribution is 14.0. The van der Waals surface area contributed by atoms with Crippen LogP contribution in [-0.2, 0) is 11.3 Å². The number of phenols is 1. The SMILES string of the molecule is CC(C)(C)OC(=O)N1CCN(C(N)=NCc2ccc(O)c(Br)c2)CC1.I. The van der Waals surface area contributed by atoms with Crippen LogP contribution in [0, 0.1) is 0 Å². The molecular formula is C17H26BrIN4O3. The van der Waals surface area contributed by atoms with E-state index >= 15 is 0 Å². The van der Waals surface area contributed by atoms with Gasteiger partial charge in [-0.05, 0) is 54.4 Å². The zero-order valence-corrected chi connectivity index (χ0v) is 19.2. The summed E-state index contributed by atoms with van der Waals surface area (Å²) in [7, 11) is 0. The summed E-state index contributed by atoms with van der Waals surface area (Å²) in [5.74, 6) is 0.645. The summed E-state index contributed by atoms with van der Waals surface area (Å²) in [4.78, 5) is 20.1. The van der Waals surface area contributed by atoms with Gasteiger partial charge in [-0.25, -0.2) is 9.79 Å². The van der Waals surface area contributed by atoms with Crippen LogP contribution in [0.25, 0.3) is 0 Å². The van der Waals surface area contributed by atoms with Crippen LogP contribution in [0.4, 0.5) is 4.79 Å². The van der Waals surface area contributed by atoms with Gasteiger partial charge in [0.2, 0.25) is 0 Å². The average molecular weight is 541 g/mol. The first-order chi connectivity index (χ1) is 11.7. The van der Waals surface area contributed by atoms with Gasteiger partial charge in [0.05, 0.1) is 11.0 Å². The molecule has 0 atom stereocenters. The number of amides is 1. The summed E-state index contributed by atoms with van der Waals surface area (Å²) in [6.07, 6.45) is -0.295. The zero-order chi connectivity index (χ0) is 18.6. The second-order valence-corrected chi connectivity index (χ2v) is 7.77. The van der Waals surface area contributed by atoms with Crippen molar-refractivity contribution in [2.45, 2.75) is 32.9 Å². The number of hydrogen-bond acceptors (Lipinski definition) is 4. The quantitative estimate of drug-likeness (QED) is 0.341. The fraction of sp³-hybridized carbons (Fsp3) is 0.529. The third-order valence-electron chi connectivity index (χ3n) is 3.69. The molecule has 0 aliphatic carbocycles. The second kappa shape index (κ2) is 9.63. The van der Waals surface area contributed by atoms with Gasteiger partial charge in [-0.2, -0.15) is 0 Å². The number of phenolic OH excluding ortho intramolecular Hbond substituents is 1. The molecule has 0 saturated carbocycles. The lowest BCUT2D eigenvalue weighted by atomic mass is 10.2. The molecule has 1 heterocycles. The van der Waals surface area contributed by atoms with E-state index in [0.717, 1.165) is 5.56 Å². The van der Waals surface area contributed by atoms with Crippen LogP contribution < -0.4 is 5.73 Å². The van der Waals surface area contributed by atoms with Crippen molar-refractivity contribution in [3.05, 3.63) is 28.2 Å². The van der Waals surface area contributed by atoms with E-state index < -0.39 is 5.60 Å². The van der Waals surface area contributed by atoms with E-state index in [9.17, 15) is 9.90 Å². The molecule has 1 amide bonds. The largest absolute Gasteiger partial charge is 0.507 e. The number of ether oxygens (including phenoxy) is 1. The summed E-state index contributed by atoms with van der Waals surface area (Å²) in [6.45, 7) is 8.33. The Hall–Kier alpha value is -1.23. The summed E-state index contributed by atoms with van der Waals surface area (Å²) in [6, 6.07) is 5.23. The Bertz CT molecular complexity index is 656. The van der Waals surface area contributed by atoms with Gasteiger partial charge in [-0.1, -0.05) is 6.07 Å². The Kier molecular flexibility index (Phi) is 8.45. The van der Waals surface area contributed by atoms with Crippen LogP contribution in [-0.4, -0.2) is 58.7 Å². The standard InChI is InChI=1S/C17H25BrN4O3.HI/c1-17(2,3)25-16(24)22-8-6-21(7-9-22)15(19)20-11-12-4-5-14(23)13(18)10-12;/h4-5,10,23H,6-9,11H2,1-3H3,(H2,19,20);1H. The van der Waals surface area contributed by atoms with Gasteiger partial charge < -0.3 is 25.4 Å². The summed E-state index contributed by atoms with van der Waals surface area (Å²) in [5, 5.41) is 9.51. The van der Waals surface area contributed by atoms with Crippen LogP contribution in [0.15, 0.2) is 27.7 Å². The summed E-state index contributed by atoms with van der Waals surface area (Å²) in [5.41, 5.74) is 6.52. The van der Waals surface area contributed by atoms with Crippen LogP contribution in [0.3, 0.4) is 0 Å². The van der Waals surface area contributed by atoms with E-state index in [2.05, 4.69) is 20.9 Å². The molecule has 2 rings (SSSR count). The number of nitrogens with two attached hydrogens (primary N) is 1. The minimum atomic E-state index is -0.493. The zero-order valence-electron chi connectivity index (χ0n) is 15.2. The molecule has 9 heteroatoms. The molecule has 146 valence electrons. The lowest BCUT2D eigenvalue weighted by Gasteiger charge is -2.36. The third-order valence-corrected chi connectivity index (χ3v) is 4.33. The second-order valence-electron chi connectivity index (χ2n) is 6.91. The lowest BCUT2D eigenvalue weighted by Crippen LogP contribution is -2.53. The van der Waals surface area contributed by atoms with Crippen LogP contribution in [0.5, 0.6) is 5.75 Å². The van der Waals surface area contributed by atoms with Gasteiger partial charge >= 0.3 is 6.09 Å². The monoisotopic (exact) mass is 540 g/mol. The number of carbonyl (C=O) groups excluding carboxylic acids is 1. The number of guanidine groups is 1. The first-order valence-electron chi connectivity index (χ1n) is 8.16. The van der Waals surface area contributed by atoms with Crippen molar-refractivity contribution < 1.29 is 14.6 Å². The average Bonchev–Trinajstić information content (AvgIpc) is 2.54. The number of aromatic hydroxyl groups is 1. The van der Waals surface area contributed by atoms with Crippen molar-refractivity contribution in [3.8, 4) is 5.75 Å². The molecule has 0 spiro atoms. The fourth-order valence-electron chi connectivity index (χ4n) is 2.37. The molecule has 0 unspecified atom stereocenters. The third kappa shape index (κ3) is 6.82. The van der Waals surface area contributed by atoms with E-state index in [1.54, 1.807) is 17.0 Å². The molecule has 7 nitrogen and oxygen atoms in total. The van der Waals surface area contributed by atoms with Crippen LogP contribution >= 0.6 is 39.9 Å². The Morgan fingerprint density at radius 1 is 1.27 bits per heavy atom. The number of halogens is 2.